The lowest BCUT2D eigenvalue weighted by atomic mass is 10.1. The molecule has 0 aliphatic heterocycles. The summed E-state index contributed by atoms with van der Waals surface area (Å²) in [4.78, 5) is 12.2. The number of esters is 1. The van der Waals surface area contributed by atoms with Crippen LogP contribution in [0.3, 0.4) is 0 Å². The van der Waals surface area contributed by atoms with E-state index >= 15 is 0 Å². The first-order valence-electron chi connectivity index (χ1n) is 8.04. The van der Waals surface area contributed by atoms with Gasteiger partial charge in [-0.2, -0.15) is 0 Å². The standard InChI is InChI=1S/C17H29O6P/c1-7-21-16(18)15(24(19,22-8-2)23-9-3)13-11-10-12-14-17(4,5)20-6/h10-11,15H,7-9,13H2,1-6H3/b11-10+. The minimum Gasteiger partial charge on any atom is -0.465 e. The van der Waals surface area contributed by atoms with Gasteiger partial charge in [-0.05, 0) is 47.1 Å². The molecule has 0 fully saturated rings. The Bertz CT molecular complexity index is 505. The lowest BCUT2D eigenvalue weighted by Gasteiger charge is -2.23. The van der Waals surface area contributed by atoms with Gasteiger partial charge < -0.3 is 18.5 Å². The van der Waals surface area contributed by atoms with Gasteiger partial charge in [0.15, 0.2) is 5.66 Å². The van der Waals surface area contributed by atoms with E-state index in [9.17, 15) is 9.36 Å². The molecule has 0 saturated heterocycles. The molecule has 1 unspecified atom stereocenters. The molecule has 6 nitrogen and oxygen atoms in total. The molecule has 0 aliphatic rings. The third-order valence-corrected chi connectivity index (χ3v) is 5.42. The minimum absolute atomic E-state index is 0.151. The topological polar surface area (TPSA) is 71.1 Å². The molecule has 138 valence electrons. The molecule has 0 aromatic heterocycles. The zero-order valence-corrected chi connectivity index (χ0v) is 16.4. The number of carbonyl (C=O) groups is 1. The average molecular weight is 360 g/mol. The van der Waals surface area contributed by atoms with Crippen LogP contribution < -0.4 is 0 Å². The van der Waals surface area contributed by atoms with Gasteiger partial charge >= 0.3 is 13.6 Å². The van der Waals surface area contributed by atoms with Crippen molar-refractivity contribution >= 4 is 13.6 Å². The van der Waals surface area contributed by atoms with Crippen LogP contribution in [0.4, 0.5) is 0 Å². The Labute approximate surface area is 145 Å². The maximum Gasteiger partial charge on any atom is 0.345 e. The summed E-state index contributed by atoms with van der Waals surface area (Å²) in [6.45, 7) is 9.32. The van der Waals surface area contributed by atoms with Crippen LogP contribution in [0.2, 0.25) is 0 Å². The van der Waals surface area contributed by atoms with Crippen molar-refractivity contribution in [2.75, 3.05) is 26.9 Å². The van der Waals surface area contributed by atoms with Crippen LogP contribution in [0.5, 0.6) is 0 Å². The summed E-state index contributed by atoms with van der Waals surface area (Å²) in [5, 5.41) is 0. The van der Waals surface area contributed by atoms with Gasteiger partial charge in [0, 0.05) is 7.11 Å². The lowest BCUT2D eigenvalue weighted by Crippen LogP contribution is -2.25. The zero-order valence-electron chi connectivity index (χ0n) is 15.5. The van der Waals surface area contributed by atoms with Crippen molar-refractivity contribution in [3.8, 4) is 11.8 Å². The van der Waals surface area contributed by atoms with E-state index in [1.54, 1.807) is 40.0 Å². The van der Waals surface area contributed by atoms with Gasteiger partial charge in [0.05, 0.1) is 19.8 Å². The van der Waals surface area contributed by atoms with Crippen molar-refractivity contribution in [3.63, 3.8) is 0 Å². The maximum absolute atomic E-state index is 12.9. The van der Waals surface area contributed by atoms with Gasteiger partial charge in [-0.15, -0.1) is 0 Å². The van der Waals surface area contributed by atoms with Crippen LogP contribution >= 0.6 is 7.60 Å². The second-order valence-electron chi connectivity index (χ2n) is 5.27. The lowest BCUT2D eigenvalue weighted by molar-refractivity contribution is -0.143. The molecule has 0 saturated carbocycles. The number of rotatable bonds is 10. The van der Waals surface area contributed by atoms with E-state index in [2.05, 4.69) is 11.8 Å². The molecule has 24 heavy (non-hydrogen) atoms. The van der Waals surface area contributed by atoms with Crippen molar-refractivity contribution in [2.24, 2.45) is 0 Å². The van der Waals surface area contributed by atoms with E-state index in [0.717, 1.165) is 0 Å². The first-order valence-corrected chi connectivity index (χ1v) is 9.65. The molecule has 0 N–H and O–H groups in total. The molecule has 0 heterocycles. The van der Waals surface area contributed by atoms with Crippen molar-refractivity contribution in [3.05, 3.63) is 12.2 Å². The smallest absolute Gasteiger partial charge is 0.345 e. The second kappa shape index (κ2) is 11.4. The fourth-order valence-electron chi connectivity index (χ4n) is 1.69. The number of carbonyl (C=O) groups excluding carboxylic acids is 1. The first-order chi connectivity index (χ1) is 11.3. The minimum atomic E-state index is -3.60. The Kier molecular flexibility index (Phi) is 10.9. The number of methoxy groups -OCH3 is 1. The molecule has 0 aliphatic carbocycles. The quantitative estimate of drug-likeness (QED) is 0.337. The Morgan fingerprint density at radius 1 is 1.17 bits per heavy atom. The third kappa shape index (κ3) is 8.12. The zero-order chi connectivity index (χ0) is 18.6. The van der Waals surface area contributed by atoms with Gasteiger partial charge in [0.1, 0.15) is 5.60 Å². The summed E-state index contributed by atoms with van der Waals surface area (Å²) in [5.74, 6) is 5.16. The van der Waals surface area contributed by atoms with Crippen LogP contribution in [-0.2, 0) is 27.9 Å². The molecule has 0 amide bonds. The van der Waals surface area contributed by atoms with Crippen LogP contribution in [0.15, 0.2) is 12.2 Å². The number of hydrogen-bond donors (Lipinski definition) is 0. The first kappa shape index (κ1) is 22.9. The normalized spacial score (nSPS) is 13.4. The number of hydrogen-bond acceptors (Lipinski definition) is 6. The fourth-order valence-corrected chi connectivity index (χ4v) is 3.56. The maximum atomic E-state index is 12.9. The number of ether oxygens (including phenoxy) is 2. The van der Waals surface area contributed by atoms with Crippen molar-refractivity contribution in [2.45, 2.75) is 52.3 Å². The SMILES string of the molecule is CCOC(=O)C(C/C=C/C#CC(C)(C)OC)P(=O)(OCC)OCC. The predicted molar refractivity (Wildman–Crippen MR) is 93.9 cm³/mol. The molecule has 0 radical (unpaired) electrons. The summed E-state index contributed by atoms with van der Waals surface area (Å²) >= 11 is 0. The summed E-state index contributed by atoms with van der Waals surface area (Å²) < 4.78 is 33.6. The molecule has 0 aromatic rings. The molecule has 1 atom stereocenters. The Morgan fingerprint density at radius 2 is 1.75 bits per heavy atom. The van der Waals surface area contributed by atoms with E-state index < -0.39 is 24.8 Å². The molecule has 0 bridgehead atoms. The molecule has 0 aromatic carbocycles. The van der Waals surface area contributed by atoms with Gasteiger partial charge in [0.2, 0.25) is 0 Å². The highest BCUT2D eigenvalue weighted by molar-refractivity contribution is 7.55. The largest absolute Gasteiger partial charge is 0.465 e. The summed E-state index contributed by atoms with van der Waals surface area (Å²) in [7, 11) is -2.02. The molecule has 7 heteroatoms. The number of allylic oxidation sites excluding steroid dienone is 2. The summed E-state index contributed by atoms with van der Waals surface area (Å²) in [6.07, 6.45) is 3.40. The fraction of sp³-hybridized carbons (Fsp3) is 0.706. The van der Waals surface area contributed by atoms with Gasteiger partial charge in [-0.25, -0.2) is 0 Å². The molecule has 0 spiro atoms. The monoisotopic (exact) mass is 360 g/mol. The average Bonchev–Trinajstić information content (AvgIpc) is 2.51. The Morgan fingerprint density at radius 3 is 2.21 bits per heavy atom. The van der Waals surface area contributed by atoms with Crippen LogP contribution in [0, 0.1) is 11.8 Å². The second-order valence-corrected chi connectivity index (χ2v) is 7.48. The highest BCUT2D eigenvalue weighted by Crippen LogP contribution is 2.54. The molecular formula is C17H29O6P. The Hall–Kier alpha value is -1.12. The molecule has 0 rings (SSSR count). The van der Waals surface area contributed by atoms with Crippen LogP contribution in [-0.4, -0.2) is 44.2 Å². The third-order valence-electron chi connectivity index (χ3n) is 3.00. The molecular weight excluding hydrogens is 331 g/mol. The summed E-state index contributed by atoms with van der Waals surface area (Å²) in [5.41, 5.74) is -1.57. The van der Waals surface area contributed by atoms with Gasteiger partial charge in [0.25, 0.3) is 0 Å². The van der Waals surface area contributed by atoms with E-state index in [0.29, 0.717) is 0 Å². The van der Waals surface area contributed by atoms with Gasteiger partial charge in [-0.1, -0.05) is 17.9 Å². The highest BCUT2D eigenvalue weighted by Gasteiger charge is 2.41. The van der Waals surface area contributed by atoms with Crippen molar-refractivity contribution in [1.29, 1.82) is 0 Å². The van der Waals surface area contributed by atoms with E-state index in [4.69, 9.17) is 18.5 Å². The van der Waals surface area contributed by atoms with Crippen molar-refractivity contribution in [1.82, 2.24) is 0 Å². The van der Waals surface area contributed by atoms with E-state index in [-0.39, 0.29) is 26.2 Å². The van der Waals surface area contributed by atoms with E-state index in [1.807, 2.05) is 13.8 Å². The van der Waals surface area contributed by atoms with E-state index in [1.165, 1.54) is 0 Å². The van der Waals surface area contributed by atoms with Crippen LogP contribution in [0.1, 0.15) is 41.0 Å². The van der Waals surface area contributed by atoms with Gasteiger partial charge in [-0.3, -0.25) is 9.36 Å². The van der Waals surface area contributed by atoms with Crippen LogP contribution in [0.25, 0.3) is 0 Å². The summed E-state index contributed by atoms with van der Waals surface area (Å²) in [6, 6.07) is 0. The Balaban J connectivity index is 5.22. The highest BCUT2D eigenvalue weighted by atomic mass is 31.2. The predicted octanol–water partition coefficient (Wildman–Crippen LogP) is 3.56. The van der Waals surface area contributed by atoms with Crippen molar-refractivity contribution < 1.29 is 27.9 Å².